The molecule has 0 bridgehead atoms. The molecule has 0 saturated heterocycles. The Kier molecular flexibility index (Phi) is 3.93. The van der Waals surface area contributed by atoms with Crippen molar-refractivity contribution in [2.24, 2.45) is 5.92 Å². The topological polar surface area (TPSA) is 49.3 Å². The lowest BCUT2D eigenvalue weighted by molar-refractivity contribution is -0.139. The third-order valence-electron chi connectivity index (χ3n) is 3.13. The molecule has 1 aliphatic carbocycles. The number of carboxylic acid groups (broad SMARTS) is 1. The summed E-state index contributed by atoms with van der Waals surface area (Å²) in [4.78, 5) is 10.8. The van der Waals surface area contributed by atoms with Crippen LogP contribution >= 0.6 is 0 Å². The number of rotatable bonds is 4. The minimum atomic E-state index is -0.681. The summed E-state index contributed by atoms with van der Waals surface area (Å²) >= 11 is 0. The Bertz CT molecular complexity index is 201. The van der Waals surface area contributed by atoms with Gasteiger partial charge in [-0.2, -0.15) is 0 Å². The van der Waals surface area contributed by atoms with Gasteiger partial charge < -0.3 is 10.4 Å². The molecule has 82 valence electrons. The van der Waals surface area contributed by atoms with Gasteiger partial charge in [-0.25, -0.2) is 0 Å². The fraction of sp³-hybridized carbons (Fsp3) is 0.909. The van der Waals surface area contributed by atoms with Crippen LogP contribution in [0.3, 0.4) is 0 Å². The summed E-state index contributed by atoms with van der Waals surface area (Å²) in [7, 11) is 0. The van der Waals surface area contributed by atoms with E-state index >= 15 is 0 Å². The highest BCUT2D eigenvalue weighted by atomic mass is 16.4. The van der Waals surface area contributed by atoms with E-state index < -0.39 is 5.97 Å². The first-order chi connectivity index (χ1) is 6.58. The van der Waals surface area contributed by atoms with E-state index in [1.54, 1.807) is 0 Å². The van der Waals surface area contributed by atoms with E-state index in [1.807, 2.05) is 6.92 Å². The van der Waals surface area contributed by atoms with Crippen molar-refractivity contribution >= 4 is 5.97 Å². The van der Waals surface area contributed by atoms with Gasteiger partial charge in [0, 0.05) is 5.54 Å². The van der Waals surface area contributed by atoms with Gasteiger partial charge in [-0.05, 0) is 25.3 Å². The van der Waals surface area contributed by atoms with Crippen LogP contribution in [0.1, 0.15) is 46.0 Å². The molecule has 0 aromatic heterocycles. The molecule has 0 aromatic carbocycles. The molecular weight excluding hydrogens is 178 g/mol. The first-order valence-corrected chi connectivity index (χ1v) is 5.55. The highest BCUT2D eigenvalue weighted by molar-refractivity contribution is 5.68. The molecule has 1 saturated carbocycles. The molecule has 3 heteroatoms. The molecule has 0 aliphatic heterocycles. The van der Waals surface area contributed by atoms with Crippen LogP contribution in [0.5, 0.6) is 0 Å². The van der Waals surface area contributed by atoms with Crippen molar-refractivity contribution in [2.45, 2.75) is 51.5 Å². The Morgan fingerprint density at radius 1 is 1.64 bits per heavy atom. The van der Waals surface area contributed by atoms with Crippen molar-refractivity contribution in [2.75, 3.05) is 6.54 Å². The first kappa shape index (κ1) is 11.5. The second-order valence-electron chi connectivity index (χ2n) is 4.58. The zero-order valence-electron chi connectivity index (χ0n) is 9.18. The van der Waals surface area contributed by atoms with Gasteiger partial charge in [0.2, 0.25) is 0 Å². The molecule has 2 unspecified atom stereocenters. The fourth-order valence-corrected chi connectivity index (χ4v) is 2.71. The van der Waals surface area contributed by atoms with Crippen LogP contribution in [0.25, 0.3) is 0 Å². The molecule has 2 N–H and O–H groups in total. The van der Waals surface area contributed by atoms with Gasteiger partial charge in [0.25, 0.3) is 0 Å². The molecule has 0 radical (unpaired) electrons. The van der Waals surface area contributed by atoms with Gasteiger partial charge in [-0.3, -0.25) is 4.79 Å². The van der Waals surface area contributed by atoms with E-state index in [0.29, 0.717) is 5.92 Å². The maximum absolute atomic E-state index is 10.8. The fourth-order valence-electron chi connectivity index (χ4n) is 2.71. The summed E-state index contributed by atoms with van der Waals surface area (Å²) < 4.78 is 0. The Hall–Kier alpha value is -0.570. The maximum Gasteiger partial charge on any atom is 0.305 e. The van der Waals surface area contributed by atoms with Crippen molar-refractivity contribution < 1.29 is 9.90 Å². The Morgan fingerprint density at radius 2 is 2.36 bits per heavy atom. The van der Waals surface area contributed by atoms with Crippen LogP contribution in [0.15, 0.2) is 0 Å². The monoisotopic (exact) mass is 199 g/mol. The lowest BCUT2D eigenvalue weighted by Crippen LogP contribution is -2.49. The summed E-state index contributed by atoms with van der Waals surface area (Å²) in [5.41, 5.74) is -0.127. The number of carboxylic acids is 1. The third kappa shape index (κ3) is 2.98. The van der Waals surface area contributed by atoms with E-state index in [0.717, 1.165) is 25.8 Å². The maximum atomic E-state index is 10.8. The Morgan fingerprint density at radius 3 is 2.86 bits per heavy atom. The smallest absolute Gasteiger partial charge is 0.305 e. The number of nitrogens with one attached hydrogen (secondary N) is 1. The standard InChI is InChI=1S/C11H21NO2/c1-3-12-11(8-10(13)14)6-4-5-9(2)7-11/h9,12H,3-8H2,1-2H3,(H,13,14). The summed E-state index contributed by atoms with van der Waals surface area (Å²) in [6.07, 6.45) is 4.68. The molecular formula is C11H21NO2. The van der Waals surface area contributed by atoms with Gasteiger partial charge in [-0.15, -0.1) is 0 Å². The molecule has 14 heavy (non-hydrogen) atoms. The van der Waals surface area contributed by atoms with Crippen LogP contribution in [-0.2, 0) is 4.79 Å². The minimum Gasteiger partial charge on any atom is -0.481 e. The van der Waals surface area contributed by atoms with E-state index in [2.05, 4.69) is 12.2 Å². The minimum absolute atomic E-state index is 0.127. The Balaban J connectivity index is 2.64. The van der Waals surface area contributed by atoms with Crippen molar-refractivity contribution in [3.8, 4) is 0 Å². The van der Waals surface area contributed by atoms with Crippen LogP contribution in [0.4, 0.5) is 0 Å². The Labute approximate surface area is 85.9 Å². The number of carbonyl (C=O) groups is 1. The predicted molar refractivity (Wildman–Crippen MR) is 56.3 cm³/mol. The molecule has 0 aromatic rings. The van der Waals surface area contributed by atoms with Gasteiger partial charge in [0.05, 0.1) is 6.42 Å². The second-order valence-corrected chi connectivity index (χ2v) is 4.58. The van der Waals surface area contributed by atoms with E-state index in [4.69, 9.17) is 5.11 Å². The van der Waals surface area contributed by atoms with Gasteiger partial charge >= 0.3 is 5.97 Å². The zero-order valence-corrected chi connectivity index (χ0v) is 9.18. The highest BCUT2D eigenvalue weighted by Gasteiger charge is 2.35. The molecule has 3 nitrogen and oxygen atoms in total. The van der Waals surface area contributed by atoms with Crippen molar-refractivity contribution in [1.29, 1.82) is 0 Å². The average molecular weight is 199 g/mol. The molecule has 1 fully saturated rings. The van der Waals surface area contributed by atoms with Crippen molar-refractivity contribution in [3.05, 3.63) is 0 Å². The third-order valence-corrected chi connectivity index (χ3v) is 3.13. The van der Waals surface area contributed by atoms with Crippen LogP contribution in [0, 0.1) is 5.92 Å². The van der Waals surface area contributed by atoms with E-state index in [-0.39, 0.29) is 12.0 Å². The summed E-state index contributed by atoms with van der Waals surface area (Å²) in [5.74, 6) is -0.0257. The van der Waals surface area contributed by atoms with Crippen molar-refractivity contribution in [3.63, 3.8) is 0 Å². The zero-order chi connectivity index (χ0) is 10.6. The van der Waals surface area contributed by atoms with Gasteiger partial charge in [-0.1, -0.05) is 26.7 Å². The molecule has 0 heterocycles. The molecule has 1 rings (SSSR count). The van der Waals surface area contributed by atoms with E-state index in [1.165, 1.54) is 6.42 Å². The van der Waals surface area contributed by atoms with Crippen molar-refractivity contribution in [1.82, 2.24) is 5.32 Å². The summed E-state index contributed by atoms with van der Waals surface area (Å²) in [5, 5.41) is 12.3. The second kappa shape index (κ2) is 4.78. The molecule has 0 amide bonds. The van der Waals surface area contributed by atoms with Crippen LogP contribution < -0.4 is 5.32 Å². The highest BCUT2D eigenvalue weighted by Crippen LogP contribution is 2.34. The molecule has 0 spiro atoms. The van der Waals surface area contributed by atoms with Crippen LogP contribution in [0.2, 0.25) is 0 Å². The number of hydrogen-bond acceptors (Lipinski definition) is 2. The lowest BCUT2D eigenvalue weighted by Gasteiger charge is -2.39. The molecule has 2 atom stereocenters. The van der Waals surface area contributed by atoms with Gasteiger partial charge in [0.15, 0.2) is 0 Å². The first-order valence-electron chi connectivity index (χ1n) is 5.55. The quantitative estimate of drug-likeness (QED) is 0.728. The predicted octanol–water partition coefficient (Wildman–Crippen LogP) is 2.02. The SMILES string of the molecule is CCNC1(CC(=O)O)CCCC(C)C1. The van der Waals surface area contributed by atoms with Gasteiger partial charge in [0.1, 0.15) is 0 Å². The lowest BCUT2D eigenvalue weighted by atomic mass is 9.74. The average Bonchev–Trinajstić information content (AvgIpc) is 2.02. The number of hydrogen-bond donors (Lipinski definition) is 2. The summed E-state index contributed by atoms with van der Waals surface area (Å²) in [6, 6.07) is 0. The van der Waals surface area contributed by atoms with E-state index in [9.17, 15) is 4.79 Å². The largest absolute Gasteiger partial charge is 0.481 e. The number of aliphatic carboxylic acids is 1. The van der Waals surface area contributed by atoms with Crippen LogP contribution in [-0.4, -0.2) is 23.2 Å². The summed E-state index contributed by atoms with van der Waals surface area (Å²) in [6.45, 7) is 5.12. The normalized spacial score (nSPS) is 32.9. The molecule has 1 aliphatic rings.